The van der Waals surface area contributed by atoms with E-state index >= 15 is 0 Å². The number of aryl methyl sites for hydroxylation is 1. The predicted octanol–water partition coefficient (Wildman–Crippen LogP) is 2.52. The third-order valence-corrected chi connectivity index (χ3v) is 5.29. The molecule has 0 saturated carbocycles. The summed E-state index contributed by atoms with van der Waals surface area (Å²) in [6.45, 7) is 2.82. The van der Waals surface area contributed by atoms with Crippen LogP contribution in [-0.2, 0) is 11.7 Å². The molecule has 0 saturated heterocycles. The first-order valence-corrected chi connectivity index (χ1v) is 9.11. The van der Waals surface area contributed by atoms with Gasteiger partial charge in [-0.2, -0.15) is 4.98 Å². The molecule has 6 radical (unpaired) electrons. The van der Waals surface area contributed by atoms with Crippen molar-refractivity contribution in [3.05, 3.63) is 63.0 Å². The van der Waals surface area contributed by atoms with Crippen LogP contribution in [0.3, 0.4) is 0 Å². The summed E-state index contributed by atoms with van der Waals surface area (Å²) in [5.74, 6) is 0.493. The van der Waals surface area contributed by atoms with E-state index < -0.39 is 10.9 Å². The molecule has 2 aromatic carbocycles. The van der Waals surface area contributed by atoms with Crippen molar-refractivity contribution in [2.75, 3.05) is 11.4 Å². The number of halogens is 1. The van der Waals surface area contributed by atoms with Crippen molar-refractivity contribution in [3.63, 3.8) is 0 Å². The highest BCUT2D eigenvalue weighted by Crippen LogP contribution is 2.39. The lowest BCUT2D eigenvalue weighted by Gasteiger charge is -2.33. The van der Waals surface area contributed by atoms with Gasteiger partial charge >= 0.3 is 5.69 Å². The number of aromatic nitrogens is 2. The van der Waals surface area contributed by atoms with Crippen molar-refractivity contribution in [2.24, 2.45) is 0 Å². The Morgan fingerprint density at radius 1 is 1.15 bits per heavy atom. The van der Waals surface area contributed by atoms with E-state index in [0.29, 0.717) is 21.7 Å². The summed E-state index contributed by atoms with van der Waals surface area (Å²) in [5, 5.41) is -0.839. The summed E-state index contributed by atoms with van der Waals surface area (Å²) in [6.07, 6.45) is 1.93. The van der Waals surface area contributed by atoms with Gasteiger partial charge in [-0.1, -0.05) is 35.0 Å². The highest BCUT2D eigenvalue weighted by Gasteiger charge is 2.26. The number of hydrogen-bond acceptors (Lipinski definition) is 3. The molecule has 0 N–H and O–H groups in total. The Kier molecular flexibility index (Phi) is 4.38. The fraction of sp³-hybridized carbons (Fsp3) is 0.263. The molecule has 0 amide bonds. The van der Waals surface area contributed by atoms with E-state index in [-0.39, 0.29) is 0 Å². The van der Waals surface area contributed by atoms with Crippen LogP contribution in [-0.4, -0.2) is 39.6 Å². The first kappa shape index (κ1) is 18.2. The maximum absolute atomic E-state index is 12.8. The van der Waals surface area contributed by atoms with Crippen molar-refractivity contribution in [1.29, 1.82) is 0 Å². The summed E-state index contributed by atoms with van der Waals surface area (Å²) in [5.41, 5.74) is 3.33. The van der Waals surface area contributed by atoms with Crippen LogP contribution in [0.1, 0.15) is 17.5 Å². The second kappa shape index (κ2) is 6.48. The maximum Gasteiger partial charge on any atom is 0.348 e. The second-order valence-electron chi connectivity index (χ2n) is 6.90. The van der Waals surface area contributed by atoms with Gasteiger partial charge in [-0.15, -0.1) is 0 Å². The summed E-state index contributed by atoms with van der Waals surface area (Å²) in [6, 6.07) is 11.3. The van der Waals surface area contributed by atoms with Crippen molar-refractivity contribution >= 4 is 57.5 Å². The second-order valence-corrected chi connectivity index (χ2v) is 7.31. The first-order valence-electron chi connectivity index (χ1n) is 8.73. The molecule has 0 spiro atoms. The average molecular weight is 369 g/mol. The minimum Gasteiger partial charge on any atom is -0.325 e. The Bertz CT molecular complexity index is 1110. The molecular formula is C19H15B3ClN3O. The number of benzene rings is 2. The monoisotopic (exact) mass is 369 g/mol. The Labute approximate surface area is 166 Å². The molecule has 128 valence electrons. The zero-order valence-electron chi connectivity index (χ0n) is 14.9. The minimum atomic E-state index is -1.89. The first-order chi connectivity index (χ1) is 12.8. The van der Waals surface area contributed by atoms with Gasteiger partial charge in [-0.3, -0.25) is 0 Å². The molecule has 3 aromatic rings. The third kappa shape index (κ3) is 2.98. The summed E-state index contributed by atoms with van der Waals surface area (Å²) >= 11 is 6.51. The third-order valence-electron chi connectivity index (χ3n) is 4.98. The van der Waals surface area contributed by atoms with Crippen LogP contribution in [0.2, 0.25) is 5.02 Å². The van der Waals surface area contributed by atoms with Gasteiger partial charge in [0.2, 0.25) is 0 Å². The van der Waals surface area contributed by atoms with Gasteiger partial charge in [-0.05, 0) is 49.1 Å². The SMILES string of the molecule is [B]C([B])([B])n1c(=O)nc(N2CCCc3c(C)cccc32)c2c(Cl)cccc21. The largest absolute Gasteiger partial charge is 0.348 e. The number of fused-ring (bicyclic) bond motifs is 2. The van der Waals surface area contributed by atoms with Crippen molar-refractivity contribution < 1.29 is 0 Å². The van der Waals surface area contributed by atoms with Crippen LogP contribution in [0, 0.1) is 6.92 Å². The fourth-order valence-electron chi connectivity index (χ4n) is 3.81. The van der Waals surface area contributed by atoms with Gasteiger partial charge in [0.1, 0.15) is 5.82 Å². The molecule has 1 aliphatic rings. The molecule has 2 heterocycles. The van der Waals surface area contributed by atoms with Crippen molar-refractivity contribution in [3.8, 4) is 0 Å². The van der Waals surface area contributed by atoms with Crippen LogP contribution >= 0.6 is 11.6 Å². The summed E-state index contributed by atoms with van der Waals surface area (Å²) in [4.78, 5) is 19.1. The fourth-order valence-corrected chi connectivity index (χ4v) is 4.06. The van der Waals surface area contributed by atoms with Crippen LogP contribution in [0.15, 0.2) is 41.2 Å². The van der Waals surface area contributed by atoms with Crippen LogP contribution < -0.4 is 10.6 Å². The highest BCUT2D eigenvalue weighted by atomic mass is 35.5. The van der Waals surface area contributed by atoms with E-state index in [2.05, 4.69) is 18.0 Å². The van der Waals surface area contributed by atoms with E-state index in [0.717, 1.165) is 29.6 Å². The molecule has 8 heteroatoms. The van der Waals surface area contributed by atoms with Gasteiger partial charge < -0.3 is 9.47 Å². The average Bonchev–Trinajstić information content (AvgIpc) is 2.60. The van der Waals surface area contributed by atoms with E-state index in [1.54, 1.807) is 18.2 Å². The maximum atomic E-state index is 12.8. The highest BCUT2D eigenvalue weighted by molar-refractivity contribution is 6.56. The van der Waals surface area contributed by atoms with Gasteiger partial charge in [0, 0.05) is 12.2 Å². The zero-order valence-corrected chi connectivity index (χ0v) is 15.7. The Hall–Kier alpha value is -2.14. The Morgan fingerprint density at radius 3 is 2.63 bits per heavy atom. The number of hydrogen-bond donors (Lipinski definition) is 0. The smallest absolute Gasteiger partial charge is 0.325 e. The topological polar surface area (TPSA) is 38.1 Å². The molecule has 0 fully saturated rings. The molecule has 0 atom stereocenters. The Morgan fingerprint density at radius 2 is 1.89 bits per heavy atom. The molecule has 1 aromatic heterocycles. The lowest BCUT2D eigenvalue weighted by atomic mass is 9.49. The molecule has 0 unspecified atom stereocenters. The van der Waals surface area contributed by atoms with Crippen LogP contribution in [0.5, 0.6) is 0 Å². The molecule has 27 heavy (non-hydrogen) atoms. The molecule has 4 nitrogen and oxygen atoms in total. The predicted molar refractivity (Wildman–Crippen MR) is 113 cm³/mol. The minimum absolute atomic E-state index is 0.449. The number of anilines is 2. The summed E-state index contributed by atoms with van der Waals surface area (Å²) < 4.78 is 1.07. The van der Waals surface area contributed by atoms with E-state index in [9.17, 15) is 4.79 Å². The zero-order chi connectivity index (χ0) is 19.3. The molecule has 0 bridgehead atoms. The molecular weight excluding hydrogens is 354 g/mol. The quantitative estimate of drug-likeness (QED) is 0.652. The van der Waals surface area contributed by atoms with Crippen LogP contribution in [0.4, 0.5) is 11.5 Å². The molecule has 1 aliphatic heterocycles. The number of rotatable bonds is 2. The standard InChI is InChI=1S/C19H15B3ClN3O/c1-11-5-2-8-14-12(11)6-4-10-25(14)17-16-13(23)7-3-9-15(16)26(18(27)24-17)19(20,21)22/h2-3,5,7-9H,4,6,10H2,1H3. The van der Waals surface area contributed by atoms with Crippen LogP contribution in [0.25, 0.3) is 10.9 Å². The van der Waals surface area contributed by atoms with Gasteiger partial charge in [0.05, 0.1) is 39.5 Å². The molecule has 4 rings (SSSR count). The van der Waals surface area contributed by atoms with Crippen molar-refractivity contribution in [2.45, 2.75) is 25.0 Å². The summed E-state index contributed by atoms with van der Waals surface area (Å²) in [7, 11) is 17.5. The van der Waals surface area contributed by atoms with Gasteiger partial charge in [0.25, 0.3) is 0 Å². The van der Waals surface area contributed by atoms with Gasteiger partial charge in [-0.25, -0.2) is 4.79 Å². The van der Waals surface area contributed by atoms with Gasteiger partial charge in [0.15, 0.2) is 0 Å². The normalized spacial score (nSPS) is 14.4. The van der Waals surface area contributed by atoms with Crippen molar-refractivity contribution in [1.82, 2.24) is 9.55 Å². The van der Waals surface area contributed by atoms with E-state index in [4.69, 9.17) is 35.1 Å². The van der Waals surface area contributed by atoms with E-state index in [1.807, 2.05) is 17.0 Å². The van der Waals surface area contributed by atoms with E-state index in [1.165, 1.54) is 11.1 Å². The lowest BCUT2D eigenvalue weighted by Crippen LogP contribution is -2.44. The Balaban J connectivity index is 2.06. The molecule has 0 aliphatic carbocycles. The number of nitrogens with zero attached hydrogens (tertiary/aromatic N) is 3. The lowest BCUT2D eigenvalue weighted by molar-refractivity contribution is 0.726.